The van der Waals surface area contributed by atoms with Gasteiger partial charge in [0.2, 0.25) is 0 Å². The minimum Gasteiger partial charge on any atom is -0.490 e. The van der Waals surface area contributed by atoms with Gasteiger partial charge in [-0.2, -0.15) is 18.4 Å². The molecule has 2 fully saturated rings. The van der Waals surface area contributed by atoms with Crippen LogP contribution in [0.3, 0.4) is 0 Å². The zero-order chi connectivity index (χ0) is 26.3. The summed E-state index contributed by atoms with van der Waals surface area (Å²) >= 11 is 0.903. The van der Waals surface area contributed by atoms with Crippen molar-refractivity contribution in [3.8, 4) is 23.1 Å². The molecule has 10 heteroatoms. The van der Waals surface area contributed by atoms with Gasteiger partial charge in [0.1, 0.15) is 17.9 Å². The molecule has 2 aromatic heterocycles. The lowest BCUT2D eigenvalue weighted by molar-refractivity contribution is -0.140. The maximum Gasteiger partial charge on any atom is 0.434 e. The topological polar surface area (TPSA) is 72.1 Å². The summed E-state index contributed by atoms with van der Waals surface area (Å²) in [5.41, 5.74) is 3.03. The molecule has 196 valence electrons. The fourth-order valence-electron chi connectivity index (χ4n) is 5.07. The smallest absolute Gasteiger partial charge is 0.434 e. The number of hydrogen-bond donors (Lipinski definition) is 1. The monoisotopic (exact) mass is 538 g/mol. The van der Waals surface area contributed by atoms with Crippen molar-refractivity contribution >= 4 is 33.1 Å². The lowest BCUT2D eigenvalue weighted by atomic mass is 9.92. The Balaban J connectivity index is 1.34. The third kappa shape index (κ3) is 4.72. The van der Waals surface area contributed by atoms with Crippen LogP contribution in [0.4, 0.5) is 24.0 Å². The molecule has 0 bridgehead atoms. The highest BCUT2D eigenvalue weighted by atomic mass is 32.1. The van der Waals surface area contributed by atoms with Gasteiger partial charge in [-0.05, 0) is 49.1 Å². The highest BCUT2D eigenvalue weighted by Crippen LogP contribution is 2.44. The minimum atomic E-state index is -4.47. The van der Waals surface area contributed by atoms with E-state index < -0.39 is 11.9 Å². The zero-order valence-corrected chi connectivity index (χ0v) is 21.2. The first-order valence-electron chi connectivity index (χ1n) is 12.6. The third-order valence-electron chi connectivity index (χ3n) is 7.20. The van der Waals surface area contributed by atoms with Crippen LogP contribution >= 0.6 is 11.3 Å². The summed E-state index contributed by atoms with van der Waals surface area (Å²) in [7, 11) is 0. The van der Waals surface area contributed by atoms with Crippen LogP contribution in [0.25, 0.3) is 22.2 Å². The molecule has 0 spiro atoms. The maximum atomic E-state index is 12.9. The number of fused-ring (bicyclic) bond motifs is 1. The quantitative estimate of drug-likeness (QED) is 0.273. The molecule has 0 amide bonds. The first-order valence-corrected chi connectivity index (χ1v) is 13.5. The average Bonchev–Trinajstić information content (AvgIpc) is 3.47. The largest absolute Gasteiger partial charge is 0.490 e. The van der Waals surface area contributed by atoms with E-state index in [1.807, 2.05) is 30.3 Å². The molecule has 1 aliphatic carbocycles. The molecule has 1 aliphatic heterocycles. The van der Waals surface area contributed by atoms with Gasteiger partial charge in [0.15, 0.2) is 10.8 Å². The number of nitrogens with one attached hydrogen (secondary N) is 1. The molecule has 1 saturated heterocycles. The van der Waals surface area contributed by atoms with Crippen LogP contribution in [0, 0.1) is 11.3 Å². The number of hydrogen-bond acceptors (Lipinski definition) is 6. The number of benzene rings is 2. The summed E-state index contributed by atoms with van der Waals surface area (Å²) in [4.78, 5) is 3.64. The number of nitriles is 1. The van der Waals surface area contributed by atoms with E-state index in [-0.39, 0.29) is 11.2 Å². The molecule has 1 N–H and O–H groups in total. The minimum absolute atomic E-state index is 0.119. The lowest BCUT2D eigenvalue weighted by Gasteiger charge is -2.30. The van der Waals surface area contributed by atoms with Crippen molar-refractivity contribution in [2.75, 3.05) is 18.5 Å². The van der Waals surface area contributed by atoms with E-state index in [0.29, 0.717) is 30.5 Å². The van der Waals surface area contributed by atoms with E-state index in [1.54, 1.807) is 12.1 Å². The molecule has 1 saturated carbocycles. The predicted molar refractivity (Wildman–Crippen MR) is 140 cm³/mol. The highest BCUT2D eigenvalue weighted by Gasteiger charge is 2.34. The molecule has 38 heavy (non-hydrogen) atoms. The molecular weight excluding hydrogens is 513 g/mol. The maximum absolute atomic E-state index is 12.9. The van der Waals surface area contributed by atoms with Crippen molar-refractivity contribution in [3.63, 3.8) is 0 Å². The van der Waals surface area contributed by atoms with Crippen LogP contribution in [0.5, 0.6) is 5.75 Å². The van der Waals surface area contributed by atoms with E-state index in [9.17, 15) is 18.4 Å². The summed E-state index contributed by atoms with van der Waals surface area (Å²) < 4.78 is 52.7. The SMILES string of the molecule is N#Cc1c(-c2ccc(Nc3nc(C(F)(F)F)cs3)cc2)n(C2CCC2)c2cc(OC3CCOCC3)ccc12. The third-order valence-corrected chi connectivity index (χ3v) is 7.96. The predicted octanol–water partition coefficient (Wildman–Crippen LogP) is 7.68. The summed E-state index contributed by atoms with van der Waals surface area (Å²) in [6, 6.07) is 16.1. The van der Waals surface area contributed by atoms with Gasteiger partial charge in [-0.3, -0.25) is 0 Å². The highest BCUT2D eigenvalue weighted by molar-refractivity contribution is 7.13. The second-order valence-electron chi connectivity index (χ2n) is 9.64. The fourth-order valence-corrected chi connectivity index (χ4v) is 5.80. The fraction of sp³-hybridized carbons (Fsp3) is 0.357. The first-order chi connectivity index (χ1) is 18.4. The van der Waals surface area contributed by atoms with E-state index >= 15 is 0 Å². The van der Waals surface area contributed by atoms with Crippen molar-refractivity contribution < 1.29 is 22.6 Å². The zero-order valence-electron chi connectivity index (χ0n) is 20.4. The van der Waals surface area contributed by atoms with Gasteiger partial charge in [0.25, 0.3) is 0 Å². The summed E-state index contributed by atoms with van der Waals surface area (Å²) in [6.07, 6.45) is 0.577. The lowest BCUT2D eigenvalue weighted by Crippen LogP contribution is -2.25. The summed E-state index contributed by atoms with van der Waals surface area (Å²) in [5, 5.41) is 15.2. The Bertz CT molecular complexity index is 1490. The normalized spacial score (nSPS) is 16.8. The summed E-state index contributed by atoms with van der Waals surface area (Å²) in [5.74, 6) is 0.791. The van der Waals surface area contributed by atoms with Crippen molar-refractivity contribution in [3.05, 3.63) is 59.1 Å². The van der Waals surface area contributed by atoms with E-state index in [2.05, 4.69) is 20.9 Å². The number of nitrogens with zero attached hydrogens (tertiary/aromatic N) is 3. The van der Waals surface area contributed by atoms with E-state index in [4.69, 9.17) is 9.47 Å². The molecule has 4 aromatic rings. The molecule has 3 heterocycles. The number of anilines is 2. The van der Waals surface area contributed by atoms with Crippen LogP contribution in [-0.4, -0.2) is 28.9 Å². The van der Waals surface area contributed by atoms with Crippen LogP contribution in [0.1, 0.15) is 49.4 Å². The second kappa shape index (κ2) is 9.97. The number of thiazole rings is 1. The van der Waals surface area contributed by atoms with E-state index in [1.165, 1.54) is 0 Å². The number of rotatable bonds is 6. The van der Waals surface area contributed by atoms with Crippen LogP contribution in [0.2, 0.25) is 0 Å². The van der Waals surface area contributed by atoms with Crippen molar-refractivity contribution in [1.29, 1.82) is 5.26 Å². The van der Waals surface area contributed by atoms with Crippen molar-refractivity contribution in [2.24, 2.45) is 0 Å². The van der Waals surface area contributed by atoms with Crippen LogP contribution in [-0.2, 0) is 10.9 Å². The van der Waals surface area contributed by atoms with Crippen LogP contribution < -0.4 is 10.1 Å². The molecule has 2 aliphatic rings. The van der Waals surface area contributed by atoms with Crippen molar-refractivity contribution in [1.82, 2.24) is 9.55 Å². The summed E-state index contributed by atoms with van der Waals surface area (Å²) in [6.45, 7) is 1.40. The molecule has 6 nitrogen and oxygen atoms in total. The number of alkyl halides is 3. The molecule has 0 radical (unpaired) electrons. The van der Waals surface area contributed by atoms with Gasteiger partial charge in [-0.1, -0.05) is 12.1 Å². The van der Waals surface area contributed by atoms with Gasteiger partial charge in [0.05, 0.1) is 30.0 Å². The van der Waals surface area contributed by atoms with Gasteiger partial charge in [-0.25, -0.2) is 4.98 Å². The molecule has 2 aromatic carbocycles. The van der Waals surface area contributed by atoms with Gasteiger partial charge < -0.3 is 19.4 Å². The Kier molecular flexibility index (Phi) is 6.50. The van der Waals surface area contributed by atoms with Gasteiger partial charge in [-0.15, -0.1) is 11.3 Å². The number of ether oxygens (including phenoxy) is 2. The van der Waals surface area contributed by atoms with Gasteiger partial charge in [0, 0.05) is 41.4 Å². The molecule has 0 unspecified atom stereocenters. The average molecular weight is 539 g/mol. The Hall–Kier alpha value is -3.55. The number of aromatic nitrogens is 2. The first kappa shape index (κ1) is 24.8. The Morgan fingerprint density at radius 1 is 1.08 bits per heavy atom. The molecule has 0 atom stereocenters. The Morgan fingerprint density at radius 2 is 1.84 bits per heavy atom. The van der Waals surface area contributed by atoms with Gasteiger partial charge >= 0.3 is 6.18 Å². The molecular formula is C28H25F3N4O2S. The standard InChI is InChI=1S/C28H25F3N4O2S/c29-28(30,31)25-16-38-27(34-25)33-18-6-4-17(5-7-18)26-23(15-32)22-9-8-21(37-20-10-12-36-13-11-20)14-24(22)35(26)19-2-1-3-19/h4-9,14,16,19-20H,1-3,10-13H2,(H,33,34). The number of halogens is 3. The Labute approximate surface area is 221 Å². The molecule has 6 rings (SSSR count). The second-order valence-corrected chi connectivity index (χ2v) is 10.5. The van der Waals surface area contributed by atoms with Crippen molar-refractivity contribution in [2.45, 2.75) is 50.4 Å². The Morgan fingerprint density at radius 3 is 2.47 bits per heavy atom. The van der Waals surface area contributed by atoms with Crippen LogP contribution in [0.15, 0.2) is 47.8 Å². The van der Waals surface area contributed by atoms with E-state index in [0.717, 1.165) is 76.7 Å².